The molecule has 0 spiro atoms. The largest absolute Gasteiger partial charge is 0.423 e. The molecule has 106 valence electrons. The monoisotopic (exact) mass is 274 g/mol. The Morgan fingerprint density at radius 1 is 1.30 bits per heavy atom. The van der Waals surface area contributed by atoms with E-state index in [1.54, 1.807) is 11.8 Å². The second-order valence-corrected chi connectivity index (χ2v) is 5.07. The van der Waals surface area contributed by atoms with E-state index in [-0.39, 0.29) is 5.91 Å². The standard InChI is InChI=1S/C14H18N4O2/c1-10(15)13(19)17-6-8-18(9-7-17)14-16-11-4-2-3-5-12(11)20-14/h2-5,10H,6-9,15H2,1H3. The van der Waals surface area contributed by atoms with Gasteiger partial charge in [-0.3, -0.25) is 4.79 Å². The number of anilines is 1. The number of rotatable bonds is 2. The molecule has 1 aromatic heterocycles. The number of hydrogen-bond acceptors (Lipinski definition) is 5. The smallest absolute Gasteiger partial charge is 0.298 e. The maximum absolute atomic E-state index is 11.8. The molecule has 0 saturated carbocycles. The minimum absolute atomic E-state index is 0.00205. The van der Waals surface area contributed by atoms with Crippen molar-refractivity contribution in [2.45, 2.75) is 13.0 Å². The van der Waals surface area contributed by atoms with Crippen molar-refractivity contribution in [2.75, 3.05) is 31.1 Å². The molecule has 2 aromatic rings. The van der Waals surface area contributed by atoms with Crippen molar-refractivity contribution in [1.82, 2.24) is 9.88 Å². The van der Waals surface area contributed by atoms with Crippen LogP contribution in [0.3, 0.4) is 0 Å². The minimum atomic E-state index is -0.439. The number of nitrogens with zero attached hydrogens (tertiary/aromatic N) is 3. The van der Waals surface area contributed by atoms with Crippen LogP contribution in [0.15, 0.2) is 28.7 Å². The molecule has 1 amide bonds. The molecule has 1 fully saturated rings. The third-order valence-corrected chi connectivity index (χ3v) is 3.53. The van der Waals surface area contributed by atoms with Gasteiger partial charge in [-0.05, 0) is 19.1 Å². The zero-order valence-electron chi connectivity index (χ0n) is 11.5. The highest BCUT2D eigenvalue weighted by Crippen LogP contribution is 2.22. The van der Waals surface area contributed by atoms with Crippen LogP contribution < -0.4 is 10.6 Å². The molecule has 0 radical (unpaired) electrons. The molecule has 6 heteroatoms. The summed E-state index contributed by atoms with van der Waals surface area (Å²) in [5, 5.41) is 0. The summed E-state index contributed by atoms with van der Waals surface area (Å²) < 4.78 is 5.74. The number of carbonyl (C=O) groups excluding carboxylic acids is 1. The van der Waals surface area contributed by atoms with E-state index in [0.717, 1.165) is 11.1 Å². The first kappa shape index (κ1) is 12.9. The summed E-state index contributed by atoms with van der Waals surface area (Å²) in [5.74, 6) is 0.00205. The molecular formula is C14H18N4O2. The highest BCUT2D eigenvalue weighted by atomic mass is 16.4. The van der Waals surface area contributed by atoms with E-state index in [0.29, 0.717) is 32.2 Å². The molecule has 1 aliphatic rings. The van der Waals surface area contributed by atoms with E-state index in [1.807, 2.05) is 24.3 Å². The van der Waals surface area contributed by atoms with Crippen LogP contribution in [0.2, 0.25) is 0 Å². The van der Waals surface area contributed by atoms with E-state index in [4.69, 9.17) is 10.2 Å². The normalized spacial score (nSPS) is 17.5. The van der Waals surface area contributed by atoms with Crippen molar-refractivity contribution < 1.29 is 9.21 Å². The van der Waals surface area contributed by atoms with Gasteiger partial charge in [0.2, 0.25) is 5.91 Å². The average Bonchev–Trinajstić information content (AvgIpc) is 2.90. The summed E-state index contributed by atoms with van der Waals surface area (Å²) in [5.41, 5.74) is 7.27. The number of hydrogen-bond donors (Lipinski definition) is 1. The van der Waals surface area contributed by atoms with E-state index in [9.17, 15) is 4.79 Å². The molecule has 0 aliphatic carbocycles. The fourth-order valence-electron chi connectivity index (χ4n) is 2.40. The number of piperazine rings is 1. The van der Waals surface area contributed by atoms with Crippen LogP contribution in [0.5, 0.6) is 0 Å². The van der Waals surface area contributed by atoms with Gasteiger partial charge in [-0.15, -0.1) is 0 Å². The van der Waals surface area contributed by atoms with Gasteiger partial charge in [0.05, 0.1) is 6.04 Å². The molecule has 20 heavy (non-hydrogen) atoms. The number of oxazole rings is 1. The number of amides is 1. The molecule has 3 rings (SSSR count). The number of fused-ring (bicyclic) bond motifs is 1. The van der Waals surface area contributed by atoms with Gasteiger partial charge in [-0.1, -0.05) is 12.1 Å². The van der Waals surface area contributed by atoms with E-state index in [2.05, 4.69) is 9.88 Å². The van der Waals surface area contributed by atoms with Crippen molar-refractivity contribution in [2.24, 2.45) is 5.73 Å². The SMILES string of the molecule is CC(N)C(=O)N1CCN(c2nc3ccccc3o2)CC1. The van der Waals surface area contributed by atoms with Crippen LogP contribution in [0.25, 0.3) is 11.1 Å². The number of nitrogens with two attached hydrogens (primary N) is 1. The van der Waals surface area contributed by atoms with Crippen molar-refractivity contribution in [3.05, 3.63) is 24.3 Å². The predicted octanol–water partition coefficient (Wildman–Crippen LogP) is 0.824. The van der Waals surface area contributed by atoms with Crippen molar-refractivity contribution in [3.63, 3.8) is 0 Å². The first-order chi connectivity index (χ1) is 9.65. The van der Waals surface area contributed by atoms with Gasteiger partial charge in [0.1, 0.15) is 5.52 Å². The molecule has 2 heterocycles. The number of carbonyl (C=O) groups is 1. The van der Waals surface area contributed by atoms with E-state index >= 15 is 0 Å². The Morgan fingerprint density at radius 3 is 2.65 bits per heavy atom. The van der Waals surface area contributed by atoms with Crippen LogP contribution in [0.4, 0.5) is 6.01 Å². The van der Waals surface area contributed by atoms with E-state index in [1.165, 1.54) is 0 Å². The zero-order chi connectivity index (χ0) is 14.1. The van der Waals surface area contributed by atoms with Crippen LogP contribution in [-0.4, -0.2) is 48.0 Å². The average molecular weight is 274 g/mol. The summed E-state index contributed by atoms with van der Waals surface area (Å²) in [6.45, 7) is 4.45. The molecule has 1 unspecified atom stereocenters. The molecule has 1 aliphatic heterocycles. The molecule has 1 saturated heterocycles. The van der Waals surface area contributed by atoms with Gasteiger partial charge < -0.3 is 20.0 Å². The molecular weight excluding hydrogens is 256 g/mol. The molecule has 0 bridgehead atoms. The lowest BCUT2D eigenvalue weighted by Crippen LogP contribution is -2.52. The highest BCUT2D eigenvalue weighted by molar-refractivity contribution is 5.81. The lowest BCUT2D eigenvalue weighted by molar-refractivity contribution is -0.132. The summed E-state index contributed by atoms with van der Waals surface area (Å²) in [6, 6.07) is 7.88. The Kier molecular flexibility index (Phi) is 3.31. The van der Waals surface area contributed by atoms with Gasteiger partial charge in [0, 0.05) is 26.2 Å². The Bertz CT molecular complexity index is 581. The third-order valence-electron chi connectivity index (χ3n) is 3.53. The summed E-state index contributed by atoms with van der Waals surface area (Å²) in [7, 11) is 0. The van der Waals surface area contributed by atoms with Gasteiger partial charge in [-0.2, -0.15) is 4.98 Å². The lowest BCUT2D eigenvalue weighted by Gasteiger charge is -2.34. The first-order valence-electron chi connectivity index (χ1n) is 6.80. The summed E-state index contributed by atoms with van der Waals surface area (Å²) >= 11 is 0. The van der Waals surface area contributed by atoms with Gasteiger partial charge in [0.15, 0.2) is 5.58 Å². The van der Waals surface area contributed by atoms with Crippen LogP contribution >= 0.6 is 0 Å². The van der Waals surface area contributed by atoms with Crippen LogP contribution in [0.1, 0.15) is 6.92 Å². The lowest BCUT2D eigenvalue weighted by atomic mass is 10.2. The predicted molar refractivity (Wildman–Crippen MR) is 76.5 cm³/mol. The second-order valence-electron chi connectivity index (χ2n) is 5.07. The zero-order valence-corrected chi connectivity index (χ0v) is 11.5. The van der Waals surface area contributed by atoms with Crippen LogP contribution in [-0.2, 0) is 4.79 Å². The number of aromatic nitrogens is 1. The Morgan fingerprint density at radius 2 is 2.00 bits per heavy atom. The molecule has 1 atom stereocenters. The second kappa shape index (κ2) is 5.13. The maximum Gasteiger partial charge on any atom is 0.298 e. The summed E-state index contributed by atoms with van der Waals surface area (Å²) in [4.78, 5) is 20.2. The van der Waals surface area contributed by atoms with Crippen molar-refractivity contribution in [3.8, 4) is 0 Å². The van der Waals surface area contributed by atoms with E-state index < -0.39 is 6.04 Å². The minimum Gasteiger partial charge on any atom is -0.423 e. The number of benzene rings is 1. The van der Waals surface area contributed by atoms with Crippen molar-refractivity contribution in [1.29, 1.82) is 0 Å². The van der Waals surface area contributed by atoms with Crippen LogP contribution in [0, 0.1) is 0 Å². The fraction of sp³-hybridized carbons (Fsp3) is 0.429. The molecule has 6 nitrogen and oxygen atoms in total. The Labute approximate surface area is 117 Å². The molecule has 1 aromatic carbocycles. The van der Waals surface area contributed by atoms with Gasteiger partial charge >= 0.3 is 0 Å². The quantitative estimate of drug-likeness (QED) is 0.877. The number of para-hydroxylation sites is 2. The first-order valence-corrected chi connectivity index (χ1v) is 6.80. The Hall–Kier alpha value is -2.08. The Balaban J connectivity index is 1.70. The third kappa shape index (κ3) is 2.34. The maximum atomic E-state index is 11.8. The highest BCUT2D eigenvalue weighted by Gasteiger charge is 2.25. The fourth-order valence-corrected chi connectivity index (χ4v) is 2.40. The van der Waals surface area contributed by atoms with Gasteiger partial charge in [-0.25, -0.2) is 0 Å². The van der Waals surface area contributed by atoms with Crippen molar-refractivity contribution >= 4 is 23.0 Å². The van der Waals surface area contributed by atoms with Gasteiger partial charge in [0.25, 0.3) is 6.01 Å². The summed E-state index contributed by atoms with van der Waals surface area (Å²) in [6.07, 6.45) is 0. The molecule has 2 N–H and O–H groups in total. The topological polar surface area (TPSA) is 75.6 Å².